The standard InChI is InChI=1S/C12H25N3O2/c1-10-3-5-15(8-11(10)7-13)9-12(16)14-4-6-17-2/h10-11H,3-9,13H2,1-2H3,(H,14,16). The van der Waals surface area contributed by atoms with Crippen molar-refractivity contribution in [2.75, 3.05) is 46.4 Å². The van der Waals surface area contributed by atoms with Gasteiger partial charge in [0.25, 0.3) is 0 Å². The van der Waals surface area contributed by atoms with Crippen LogP contribution >= 0.6 is 0 Å². The molecule has 3 N–H and O–H groups in total. The lowest BCUT2D eigenvalue weighted by molar-refractivity contribution is -0.123. The molecule has 5 heteroatoms. The van der Waals surface area contributed by atoms with Crippen LogP contribution in [-0.2, 0) is 9.53 Å². The minimum absolute atomic E-state index is 0.0763. The fourth-order valence-electron chi connectivity index (χ4n) is 2.23. The second-order valence-electron chi connectivity index (χ2n) is 4.84. The maximum Gasteiger partial charge on any atom is 0.234 e. The largest absolute Gasteiger partial charge is 0.383 e. The molecule has 0 saturated carbocycles. The van der Waals surface area contributed by atoms with Crippen LogP contribution in [0.5, 0.6) is 0 Å². The van der Waals surface area contributed by atoms with Crippen LogP contribution < -0.4 is 11.1 Å². The molecule has 2 atom stereocenters. The number of ether oxygens (including phenoxy) is 1. The summed E-state index contributed by atoms with van der Waals surface area (Å²) in [6, 6.07) is 0. The molecule has 1 amide bonds. The number of rotatable bonds is 6. The summed E-state index contributed by atoms with van der Waals surface area (Å²) in [4.78, 5) is 13.8. The second kappa shape index (κ2) is 7.63. The minimum Gasteiger partial charge on any atom is -0.383 e. The van der Waals surface area contributed by atoms with Crippen LogP contribution in [0.25, 0.3) is 0 Å². The zero-order chi connectivity index (χ0) is 12.7. The molecule has 0 spiro atoms. The van der Waals surface area contributed by atoms with Crippen molar-refractivity contribution in [2.45, 2.75) is 13.3 Å². The van der Waals surface area contributed by atoms with Gasteiger partial charge in [0.2, 0.25) is 5.91 Å². The van der Waals surface area contributed by atoms with E-state index < -0.39 is 0 Å². The van der Waals surface area contributed by atoms with Gasteiger partial charge in [0.05, 0.1) is 13.2 Å². The van der Waals surface area contributed by atoms with E-state index in [0.29, 0.717) is 38.1 Å². The SMILES string of the molecule is COCCNC(=O)CN1CCC(C)C(CN)C1. The lowest BCUT2D eigenvalue weighted by Gasteiger charge is -2.36. The fourth-order valence-corrected chi connectivity index (χ4v) is 2.23. The molecule has 2 unspecified atom stereocenters. The first-order chi connectivity index (χ1) is 8.17. The summed E-state index contributed by atoms with van der Waals surface area (Å²) in [6.07, 6.45) is 1.13. The van der Waals surface area contributed by atoms with Crippen LogP contribution in [0, 0.1) is 11.8 Å². The highest BCUT2D eigenvalue weighted by molar-refractivity contribution is 5.77. The molecule has 1 rings (SSSR count). The molecule has 17 heavy (non-hydrogen) atoms. The van der Waals surface area contributed by atoms with Crippen molar-refractivity contribution in [3.63, 3.8) is 0 Å². The van der Waals surface area contributed by atoms with Gasteiger partial charge in [0, 0.05) is 20.2 Å². The summed E-state index contributed by atoms with van der Waals surface area (Å²) in [7, 11) is 1.63. The van der Waals surface area contributed by atoms with Gasteiger partial charge in [-0.15, -0.1) is 0 Å². The predicted molar refractivity (Wildman–Crippen MR) is 67.7 cm³/mol. The first kappa shape index (κ1) is 14.4. The molecule has 1 aliphatic heterocycles. The topological polar surface area (TPSA) is 67.6 Å². The number of hydrogen-bond acceptors (Lipinski definition) is 4. The van der Waals surface area contributed by atoms with Crippen molar-refractivity contribution >= 4 is 5.91 Å². The van der Waals surface area contributed by atoms with Crippen molar-refractivity contribution in [2.24, 2.45) is 17.6 Å². The molecule has 0 aromatic carbocycles. The Morgan fingerprint density at radius 2 is 2.35 bits per heavy atom. The van der Waals surface area contributed by atoms with Gasteiger partial charge in [0.15, 0.2) is 0 Å². The summed E-state index contributed by atoms with van der Waals surface area (Å²) < 4.78 is 4.89. The monoisotopic (exact) mass is 243 g/mol. The molecule has 1 aliphatic rings. The average molecular weight is 243 g/mol. The molecule has 100 valence electrons. The normalized spacial score (nSPS) is 25.8. The molecule has 0 aliphatic carbocycles. The van der Waals surface area contributed by atoms with Gasteiger partial charge < -0.3 is 15.8 Å². The van der Waals surface area contributed by atoms with E-state index in [1.54, 1.807) is 7.11 Å². The Bertz CT molecular complexity index is 236. The van der Waals surface area contributed by atoms with Gasteiger partial charge in [-0.3, -0.25) is 9.69 Å². The number of nitrogens with two attached hydrogens (primary N) is 1. The van der Waals surface area contributed by atoms with Crippen LogP contribution in [0.15, 0.2) is 0 Å². The molecular formula is C12H25N3O2. The molecule has 1 fully saturated rings. The number of carbonyl (C=O) groups is 1. The smallest absolute Gasteiger partial charge is 0.234 e. The van der Waals surface area contributed by atoms with Gasteiger partial charge >= 0.3 is 0 Å². The van der Waals surface area contributed by atoms with Gasteiger partial charge in [-0.1, -0.05) is 6.92 Å². The summed E-state index contributed by atoms with van der Waals surface area (Å²) in [6.45, 7) is 6.52. The van der Waals surface area contributed by atoms with Gasteiger partial charge in [-0.2, -0.15) is 0 Å². The highest BCUT2D eigenvalue weighted by atomic mass is 16.5. The molecule has 1 heterocycles. The van der Waals surface area contributed by atoms with Gasteiger partial charge in [0.1, 0.15) is 0 Å². The Labute approximate surface area is 104 Å². The lowest BCUT2D eigenvalue weighted by atomic mass is 9.87. The quantitative estimate of drug-likeness (QED) is 0.627. The van der Waals surface area contributed by atoms with E-state index in [-0.39, 0.29) is 5.91 Å². The Kier molecular flexibility index (Phi) is 6.47. The predicted octanol–water partition coefficient (Wildman–Crippen LogP) is -0.334. The third-order valence-electron chi connectivity index (χ3n) is 3.50. The van der Waals surface area contributed by atoms with E-state index in [2.05, 4.69) is 17.1 Å². The lowest BCUT2D eigenvalue weighted by Crippen LogP contribution is -2.47. The molecule has 5 nitrogen and oxygen atoms in total. The average Bonchev–Trinajstić information content (AvgIpc) is 2.32. The van der Waals surface area contributed by atoms with E-state index in [1.807, 2.05) is 0 Å². The Morgan fingerprint density at radius 3 is 3.00 bits per heavy atom. The van der Waals surface area contributed by atoms with E-state index in [1.165, 1.54) is 0 Å². The summed E-state index contributed by atoms with van der Waals surface area (Å²) in [5.41, 5.74) is 5.74. The summed E-state index contributed by atoms with van der Waals surface area (Å²) >= 11 is 0. The maximum absolute atomic E-state index is 11.6. The van der Waals surface area contributed by atoms with Crippen molar-refractivity contribution in [1.82, 2.24) is 10.2 Å². The summed E-state index contributed by atoms with van der Waals surface area (Å²) in [5, 5.41) is 2.84. The molecule has 0 aromatic rings. The minimum atomic E-state index is 0.0763. The second-order valence-corrected chi connectivity index (χ2v) is 4.84. The third kappa shape index (κ3) is 5.02. The number of piperidine rings is 1. The van der Waals surface area contributed by atoms with E-state index >= 15 is 0 Å². The highest BCUT2D eigenvalue weighted by Gasteiger charge is 2.25. The molecular weight excluding hydrogens is 218 g/mol. The molecule has 0 bridgehead atoms. The number of carbonyl (C=O) groups excluding carboxylic acids is 1. The van der Waals surface area contributed by atoms with E-state index in [9.17, 15) is 4.79 Å². The first-order valence-corrected chi connectivity index (χ1v) is 6.35. The third-order valence-corrected chi connectivity index (χ3v) is 3.50. The summed E-state index contributed by atoms with van der Waals surface area (Å²) in [5.74, 6) is 1.27. The van der Waals surface area contributed by atoms with Crippen molar-refractivity contribution in [3.8, 4) is 0 Å². The number of likely N-dealkylation sites (tertiary alicyclic amines) is 1. The van der Waals surface area contributed by atoms with Gasteiger partial charge in [-0.05, 0) is 31.3 Å². The molecule has 0 aromatic heterocycles. The number of nitrogens with one attached hydrogen (secondary N) is 1. The fraction of sp³-hybridized carbons (Fsp3) is 0.917. The van der Waals surface area contributed by atoms with Crippen molar-refractivity contribution in [1.29, 1.82) is 0 Å². The number of amides is 1. The van der Waals surface area contributed by atoms with Crippen LogP contribution in [-0.4, -0.2) is 57.2 Å². The zero-order valence-corrected chi connectivity index (χ0v) is 10.9. The van der Waals surface area contributed by atoms with Crippen molar-refractivity contribution < 1.29 is 9.53 Å². The van der Waals surface area contributed by atoms with E-state index in [4.69, 9.17) is 10.5 Å². The maximum atomic E-state index is 11.6. The van der Waals surface area contributed by atoms with Crippen LogP contribution in [0.1, 0.15) is 13.3 Å². The molecule has 0 radical (unpaired) electrons. The Hall–Kier alpha value is -0.650. The van der Waals surface area contributed by atoms with Crippen LogP contribution in [0.4, 0.5) is 0 Å². The van der Waals surface area contributed by atoms with Crippen molar-refractivity contribution in [3.05, 3.63) is 0 Å². The number of methoxy groups -OCH3 is 1. The van der Waals surface area contributed by atoms with Crippen LogP contribution in [0.3, 0.4) is 0 Å². The first-order valence-electron chi connectivity index (χ1n) is 6.35. The number of hydrogen-bond donors (Lipinski definition) is 2. The molecule has 1 saturated heterocycles. The Morgan fingerprint density at radius 1 is 1.59 bits per heavy atom. The van der Waals surface area contributed by atoms with E-state index in [0.717, 1.165) is 19.5 Å². The number of nitrogens with zero attached hydrogens (tertiary/aromatic N) is 1. The Balaban J connectivity index is 2.24. The van der Waals surface area contributed by atoms with Gasteiger partial charge in [-0.25, -0.2) is 0 Å². The zero-order valence-electron chi connectivity index (χ0n) is 10.9. The highest BCUT2D eigenvalue weighted by Crippen LogP contribution is 2.21. The van der Waals surface area contributed by atoms with Crippen LogP contribution in [0.2, 0.25) is 0 Å².